The third-order valence-corrected chi connectivity index (χ3v) is 4.40. The SMILES string of the molecule is O=C(NCC(Cc1cccc2ccccc12)C(=O)O)OCc1ccccc1. The third kappa shape index (κ3) is 5.07. The van der Waals surface area contributed by atoms with Crippen molar-refractivity contribution in [3.8, 4) is 0 Å². The van der Waals surface area contributed by atoms with Gasteiger partial charge in [-0.15, -0.1) is 0 Å². The number of carbonyl (C=O) groups excluding carboxylic acids is 1. The van der Waals surface area contributed by atoms with E-state index in [0.717, 1.165) is 21.9 Å². The molecule has 5 nitrogen and oxygen atoms in total. The highest BCUT2D eigenvalue weighted by Crippen LogP contribution is 2.21. The summed E-state index contributed by atoms with van der Waals surface area (Å²) in [4.78, 5) is 23.5. The summed E-state index contributed by atoms with van der Waals surface area (Å²) < 4.78 is 5.14. The lowest BCUT2D eigenvalue weighted by atomic mass is 9.95. The van der Waals surface area contributed by atoms with Gasteiger partial charge in [0.05, 0.1) is 5.92 Å². The summed E-state index contributed by atoms with van der Waals surface area (Å²) in [5, 5.41) is 14.2. The van der Waals surface area contributed by atoms with Gasteiger partial charge in [0, 0.05) is 6.54 Å². The van der Waals surface area contributed by atoms with Gasteiger partial charge in [-0.2, -0.15) is 0 Å². The van der Waals surface area contributed by atoms with E-state index in [-0.39, 0.29) is 13.2 Å². The van der Waals surface area contributed by atoms with Crippen LogP contribution in [0.1, 0.15) is 11.1 Å². The highest BCUT2D eigenvalue weighted by Gasteiger charge is 2.20. The Morgan fingerprint density at radius 1 is 0.926 bits per heavy atom. The smallest absolute Gasteiger partial charge is 0.407 e. The number of benzene rings is 3. The Morgan fingerprint density at radius 2 is 1.63 bits per heavy atom. The van der Waals surface area contributed by atoms with E-state index < -0.39 is 18.0 Å². The fraction of sp³-hybridized carbons (Fsp3) is 0.182. The summed E-state index contributed by atoms with van der Waals surface area (Å²) >= 11 is 0. The van der Waals surface area contributed by atoms with Crippen LogP contribution >= 0.6 is 0 Å². The fourth-order valence-corrected chi connectivity index (χ4v) is 2.96. The van der Waals surface area contributed by atoms with Crippen molar-refractivity contribution in [3.05, 3.63) is 83.9 Å². The average Bonchev–Trinajstić information content (AvgIpc) is 2.70. The molecule has 2 N–H and O–H groups in total. The lowest BCUT2D eigenvalue weighted by molar-refractivity contribution is -0.141. The Hall–Kier alpha value is -3.34. The standard InChI is InChI=1S/C22H21NO4/c24-21(25)19(13-18-11-6-10-17-9-4-5-12-20(17)18)14-23-22(26)27-15-16-7-2-1-3-8-16/h1-12,19H,13-15H2,(H,23,26)(H,24,25). The number of nitrogens with one attached hydrogen (secondary N) is 1. The van der Waals surface area contributed by atoms with Gasteiger partial charge >= 0.3 is 12.1 Å². The number of hydrogen-bond acceptors (Lipinski definition) is 3. The molecule has 3 rings (SSSR count). The predicted octanol–water partition coefficient (Wildman–Crippen LogP) is 4.01. The van der Waals surface area contributed by atoms with Crippen LogP contribution in [-0.4, -0.2) is 23.7 Å². The molecule has 1 atom stereocenters. The summed E-state index contributed by atoms with van der Waals surface area (Å²) in [6.07, 6.45) is -0.293. The van der Waals surface area contributed by atoms with Gasteiger partial charge in [0.25, 0.3) is 0 Å². The normalized spacial score (nSPS) is 11.7. The Bertz CT molecular complexity index is 919. The number of carboxylic acids is 1. The van der Waals surface area contributed by atoms with Gasteiger partial charge < -0.3 is 15.2 Å². The van der Waals surface area contributed by atoms with Crippen LogP contribution in [0.5, 0.6) is 0 Å². The Balaban J connectivity index is 1.59. The van der Waals surface area contributed by atoms with Gasteiger partial charge in [-0.25, -0.2) is 4.79 Å². The first-order chi connectivity index (χ1) is 13.1. The zero-order chi connectivity index (χ0) is 19.1. The molecule has 27 heavy (non-hydrogen) atoms. The lowest BCUT2D eigenvalue weighted by Crippen LogP contribution is -2.34. The largest absolute Gasteiger partial charge is 0.481 e. The number of aliphatic carboxylic acids is 1. The number of fused-ring (bicyclic) bond motifs is 1. The summed E-state index contributed by atoms with van der Waals surface area (Å²) in [6.45, 7) is 0.153. The van der Waals surface area contributed by atoms with Crippen molar-refractivity contribution in [1.29, 1.82) is 0 Å². The van der Waals surface area contributed by atoms with Crippen molar-refractivity contribution < 1.29 is 19.4 Å². The van der Waals surface area contributed by atoms with Crippen LogP contribution in [0.15, 0.2) is 72.8 Å². The molecular formula is C22H21NO4. The summed E-state index contributed by atoms with van der Waals surface area (Å²) in [5.74, 6) is -1.69. The van der Waals surface area contributed by atoms with Gasteiger partial charge in [-0.1, -0.05) is 72.8 Å². The molecule has 0 aliphatic rings. The van der Waals surface area contributed by atoms with E-state index >= 15 is 0 Å². The minimum absolute atomic E-state index is 0.00613. The quantitative estimate of drug-likeness (QED) is 0.665. The van der Waals surface area contributed by atoms with Gasteiger partial charge in [0.15, 0.2) is 0 Å². The molecule has 3 aromatic rings. The maximum Gasteiger partial charge on any atom is 0.407 e. The van der Waals surface area contributed by atoms with E-state index in [1.54, 1.807) is 0 Å². The van der Waals surface area contributed by atoms with E-state index in [1.165, 1.54) is 0 Å². The fourth-order valence-electron chi connectivity index (χ4n) is 2.96. The van der Waals surface area contributed by atoms with Crippen molar-refractivity contribution in [3.63, 3.8) is 0 Å². The van der Waals surface area contributed by atoms with E-state index in [9.17, 15) is 14.7 Å². The molecule has 3 aromatic carbocycles. The Kier molecular flexibility index (Phi) is 6.05. The average molecular weight is 363 g/mol. The van der Waals surface area contributed by atoms with E-state index in [1.807, 2.05) is 72.8 Å². The third-order valence-electron chi connectivity index (χ3n) is 4.40. The highest BCUT2D eigenvalue weighted by molar-refractivity contribution is 5.86. The first-order valence-electron chi connectivity index (χ1n) is 8.77. The molecule has 1 unspecified atom stereocenters. The maximum absolute atomic E-state index is 11.9. The molecule has 0 aromatic heterocycles. The van der Waals surface area contributed by atoms with E-state index in [2.05, 4.69) is 5.32 Å². The topological polar surface area (TPSA) is 75.6 Å². The second kappa shape index (κ2) is 8.85. The van der Waals surface area contributed by atoms with Crippen molar-refractivity contribution >= 4 is 22.8 Å². The first-order valence-corrected chi connectivity index (χ1v) is 8.77. The van der Waals surface area contributed by atoms with Crippen LogP contribution in [0, 0.1) is 5.92 Å². The van der Waals surface area contributed by atoms with Gasteiger partial charge in [0.1, 0.15) is 6.61 Å². The second-order valence-corrected chi connectivity index (χ2v) is 6.32. The zero-order valence-corrected chi connectivity index (χ0v) is 14.8. The minimum Gasteiger partial charge on any atom is -0.481 e. The van der Waals surface area contributed by atoms with Crippen molar-refractivity contribution in [1.82, 2.24) is 5.32 Å². The lowest BCUT2D eigenvalue weighted by Gasteiger charge is -2.15. The number of alkyl carbamates (subject to hydrolysis) is 1. The molecule has 5 heteroatoms. The number of amides is 1. The van der Waals surface area contributed by atoms with E-state index in [4.69, 9.17) is 4.74 Å². The maximum atomic E-state index is 11.9. The van der Waals surface area contributed by atoms with Crippen LogP contribution in [0.3, 0.4) is 0 Å². The number of carboxylic acid groups (broad SMARTS) is 1. The molecule has 0 heterocycles. The van der Waals surface area contributed by atoms with E-state index in [0.29, 0.717) is 6.42 Å². The molecule has 0 saturated carbocycles. The number of rotatable bonds is 7. The Morgan fingerprint density at radius 3 is 2.41 bits per heavy atom. The van der Waals surface area contributed by atoms with Gasteiger partial charge in [0.2, 0.25) is 0 Å². The summed E-state index contributed by atoms with van der Waals surface area (Å²) in [7, 11) is 0. The van der Waals surface area contributed by atoms with Crippen molar-refractivity contribution in [2.75, 3.05) is 6.54 Å². The zero-order valence-electron chi connectivity index (χ0n) is 14.8. The Labute approximate surface area is 157 Å². The second-order valence-electron chi connectivity index (χ2n) is 6.32. The predicted molar refractivity (Wildman–Crippen MR) is 103 cm³/mol. The number of hydrogen-bond donors (Lipinski definition) is 2. The molecule has 0 aliphatic heterocycles. The summed E-state index contributed by atoms with van der Waals surface area (Å²) in [6, 6.07) is 23.0. The number of carbonyl (C=O) groups is 2. The molecule has 0 saturated heterocycles. The summed E-state index contributed by atoms with van der Waals surface area (Å²) in [5.41, 5.74) is 1.82. The van der Waals surface area contributed by atoms with Gasteiger partial charge in [-0.05, 0) is 28.3 Å². The molecule has 0 bridgehead atoms. The van der Waals surface area contributed by atoms with Crippen LogP contribution in [0.25, 0.3) is 10.8 Å². The van der Waals surface area contributed by atoms with Crippen LogP contribution in [-0.2, 0) is 22.6 Å². The first kappa shape index (κ1) is 18.5. The van der Waals surface area contributed by atoms with Crippen LogP contribution in [0.4, 0.5) is 4.79 Å². The highest BCUT2D eigenvalue weighted by atomic mass is 16.5. The molecule has 1 amide bonds. The van der Waals surface area contributed by atoms with Crippen LogP contribution < -0.4 is 5.32 Å². The molecule has 0 fully saturated rings. The molecular weight excluding hydrogens is 342 g/mol. The molecule has 0 radical (unpaired) electrons. The van der Waals surface area contributed by atoms with Crippen LogP contribution in [0.2, 0.25) is 0 Å². The van der Waals surface area contributed by atoms with Crippen molar-refractivity contribution in [2.45, 2.75) is 13.0 Å². The van der Waals surface area contributed by atoms with Crippen molar-refractivity contribution in [2.24, 2.45) is 5.92 Å². The molecule has 0 aliphatic carbocycles. The van der Waals surface area contributed by atoms with Gasteiger partial charge in [-0.3, -0.25) is 4.79 Å². The molecule has 138 valence electrons. The molecule has 0 spiro atoms. The monoisotopic (exact) mass is 363 g/mol. The minimum atomic E-state index is -0.953. The number of ether oxygens (including phenoxy) is 1.